The van der Waals surface area contributed by atoms with Gasteiger partial charge in [-0.15, -0.1) is 0 Å². The van der Waals surface area contributed by atoms with E-state index >= 15 is 0 Å². The maximum absolute atomic E-state index is 5.75. The third-order valence-electron chi connectivity index (χ3n) is 0.997. The lowest BCUT2D eigenvalue weighted by Crippen LogP contribution is -2.20. The number of halogens is 1. The zero-order valence-electron chi connectivity index (χ0n) is 6.37. The predicted octanol–water partition coefficient (Wildman–Crippen LogP) is 1.02. The molecule has 1 aromatic rings. The van der Waals surface area contributed by atoms with Crippen LogP contribution < -0.4 is 5.43 Å². The minimum Gasteiger partial charge on any atom is -0.302 e. The summed E-state index contributed by atoms with van der Waals surface area (Å²) < 4.78 is 0. The number of nitrogens with zero attached hydrogens (tertiary/aromatic N) is 3. The zero-order valence-corrected chi connectivity index (χ0v) is 7.13. The van der Waals surface area contributed by atoms with Gasteiger partial charge >= 0.3 is 0 Å². The van der Waals surface area contributed by atoms with Crippen LogP contribution in [0.2, 0.25) is 5.02 Å². The van der Waals surface area contributed by atoms with E-state index in [1.807, 2.05) is 14.1 Å². The lowest BCUT2D eigenvalue weighted by atomic mass is 10.6. The molecule has 1 N–H and O–H groups in total. The van der Waals surface area contributed by atoms with Crippen LogP contribution in [0.25, 0.3) is 0 Å². The lowest BCUT2D eigenvalue weighted by Gasteiger charge is -2.12. The van der Waals surface area contributed by atoms with Gasteiger partial charge in [0.05, 0.1) is 6.20 Å². The second-order valence-corrected chi connectivity index (χ2v) is 2.63. The fourth-order valence-corrected chi connectivity index (χ4v) is 0.754. The number of anilines is 1. The number of hydrogen-bond donors (Lipinski definition) is 1. The molecule has 0 atom stereocenters. The van der Waals surface area contributed by atoms with E-state index in [9.17, 15) is 0 Å². The van der Waals surface area contributed by atoms with Crippen molar-refractivity contribution in [1.29, 1.82) is 0 Å². The van der Waals surface area contributed by atoms with E-state index in [0.717, 1.165) is 0 Å². The van der Waals surface area contributed by atoms with Gasteiger partial charge in [-0.3, -0.25) is 0 Å². The molecule has 0 saturated heterocycles. The quantitative estimate of drug-likeness (QED) is 0.677. The van der Waals surface area contributed by atoms with Crippen molar-refractivity contribution in [3.8, 4) is 0 Å². The summed E-state index contributed by atoms with van der Waals surface area (Å²) in [6, 6.07) is 0. The Hall–Kier alpha value is -0.870. The summed E-state index contributed by atoms with van der Waals surface area (Å²) in [5.41, 5.74) is 2.92. The van der Waals surface area contributed by atoms with Crippen LogP contribution in [0, 0.1) is 0 Å². The average molecular weight is 173 g/mol. The second-order valence-electron chi connectivity index (χ2n) is 2.23. The Labute approximate surface area is 70.2 Å². The maximum atomic E-state index is 5.75. The summed E-state index contributed by atoms with van der Waals surface area (Å²) in [4.78, 5) is 7.67. The molecule has 1 heterocycles. The number of nitrogens with one attached hydrogen (secondary N) is 1. The Morgan fingerprint density at radius 2 is 2.27 bits per heavy atom. The highest BCUT2D eigenvalue weighted by atomic mass is 35.5. The third kappa shape index (κ3) is 2.32. The Morgan fingerprint density at radius 1 is 1.55 bits per heavy atom. The monoisotopic (exact) mass is 172 g/mol. The summed E-state index contributed by atoms with van der Waals surface area (Å²) in [5, 5.41) is 2.27. The maximum Gasteiger partial charge on any atom is 0.162 e. The number of hydrogen-bond acceptors (Lipinski definition) is 4. The SMILES string of the molecule is CN(C)Nc1ncncc1Cl. The molecule has 11 heavy (non-hydrogen) atoms. The highest BCUT2D eigenvalue weighted by Gasteiger charge is 1.99. The summed E-state index contributed by atoms with van der Waals surface area (Å²) in [7, 11) is 3.72. The van der Waals surface area contributed by atoms with Crippen LogP contribution in [0.5, 0.6) is 0 Å². The van der Waals surface area contributed by atoms with Gasteiger partial charge in [0, 0.05) is 14.1 Å². The van der Waals surface area contributed by atoms with Gasteiger partial charge < -0.3 is 5.43 Å². The average Bonchev–Trinajstić information content (AvgIpc) is 1.93. The van der Waals surface area contributed by atoms with Gasteiger partial charge in [-0.25, -0.2) is 15.0 Å². The molecule has 0 aliphatic carbocycles. The molecule has 1 aromatic heterocycles. The smallest absolute Gasteiger partial charge is 0.162 e. The first-order chi connectivity index (χ1) is 5.20. The Balaban J connectivity index is 2.78. The van der Waals surface area contributed by atoms with Crippen molar-refractivity contribution in [3.63, 3.8) is 0 Å². The molecular formula is C6H9ClN4. The van der Waals surface area contributed by atoms with Crippen LogP contribution in [0.3, 0.4) is 0 Å². The molecule has 0 aromatic carbocycles. The van der Waals surface area contributed by atoms with Crippen LogP contribution in [0.4, 0.5) is 5.82 Å². The fourth-order valence-electron chi connectivity index (χ4n) is 0.607. The highest BCUT2D eigenvalue weighted by molar-refractivity contribution is 6.32. The van der Waals surface area contributed by atoms with Crippen molar-refractivity contribution in [2.75, 3.05) is 19.5 Å². The van der Waals surface area contributed by atoms with Crippen LogP contribution in [0.15, 0.2) is 12.5 Å². The molecule has 60 valence electrons. The van der Waals surface area contributed by atoms with Crippen molar-refractivity contribution < 1.29 is 0 Å². The van der Waals surface area contributed by atoms with Gasteiger partial charge in [-0.2, -0.15) is 0 Å². The second kappa shape index (κ2) is 3.50. The summed E-state index contributed by atoms with van der Waals surface area (Å²) in [6.07, 6.45) is 2.98. The van der Waals surface area contributed by atoms with Crippen LogP contribution in [0.1, 0.15) is 0 Å². The topological polar surface area (TPSA) is 41.0 Å². The Morgan fingerprint density at radius 3 is 2.82 bits per heavy atom. The van der Waals surface area contributed by atoms with Crippen molar-refractivity contribution in [2.24, 2.45) is 0 Å². The first-order valence-electron chi connectivity index (χ1n) is 3.09. The molecule has 0 amide bonds. The molecule has 0 radical (unpaired) electrons. The molecule has 0 spiro atoms. The first-order valence-corrected chi connectivity index (χ1v) is 3.47. The number of aromatic nitrogens is 2. The summed E-state index contributed by atoms with van der Waals surface area (Å²) >= 11 is 5.75. The predicted molar refractivity (Wildman–Crippen MR) is 44.4 cm³/mol. The van der Waals surface area contributed by atoms with Crippen LogP contribution in [-0.2, 0) is 0 Å². The van der Waals surface area contributed by atoms with Crippen LogP contribution >= 0.6 is 11.6 Å². The van der Waals surface area contributed by atoms with E-state index in [1.165, 1.54) is 6.33 Å². The van der Waals surface area contributed by atoms with Crippen molar-refractivity contribution in [1.82, 2.24) is 15.0 Å². The Bertz CT molecular complexity index is 238. The molecule has 0 bridgehead atoms. The molecule has 0 fully saturated rings. The van der Waals surface area contributed by atoms with Gasteiger partial charge in [0.1, 0.15) is 11.3 Å². The number of rotatable bonds is 2. The first kappa shape index (κ1) is 8.23. The van der Waals surface area contributed by atoms with Crippen molar-refractivity contribution in [2.45, 2.75) is 0 Å². The Kier molecular flexibility index (Phi) is 2.62. The van der Waals surface area contributed by atoms with Crippen molar-refractivity contribution in [3.05, 3.63) is 17.5 Å². The molecule has 0 aliphatic rings. The van der Waals surface area contributed by atoms with E-state index in [0.29, 0.717) is 10.8 Å². The standard InChI is InChI=1S/C6H9ClN4/c1-11(2)10-6-5(7)3-8-4-9-6/h3-4H,1-2H3,(H,8,9,10). The molecule has 4 nitrogen and oxygen atoms in total. The third-order valence-corrected chi connectivity index (χ3v) is 1.27. The molecule has 0 aliphatic heterocycles. The zero-order chi connectivity index (χ0) is 8.27. The van der Waals surface area contributed by atoms with Gasteiger partial charge in [-0.05, 0) is 0 Å². The van der Waals surface area contributed by atoms with E-state index < -0.39 is 0 Å². The van der Waals surface area contributed by atoms with Gasteiger partial charge in [0.25, 0.3) is 0 Å². The number of hydrazine groups is 1. The molecular weight excluding hydrogens is 164 g/mol. The fraction of sp³-hybridized carbons (Fsp3) is 0.333. The molecule has 5 heteroatoms. The minimum absolute atomic E-state index is 0.515. The normalized spacial score (nSPS) is 10.2. The summed E-state index contributed by atoms with van der Waals surface area (Å²) in [5.74, 6) is 0.617. The van der Waals surface area contributed by atoms with Crippen LogP contribution in [-0.4, -0.2) is 29.1 Å². The molecule has 0 unspecified atom stereocenters. The van der Waals surface area contributed by atoms with E-state index in [2.05, 4.69) is 15.4 Å². The largest absolute Gasteiger partial charge is 0.302 e. The van der Waals surface area contributed by atoms with Gasteiger partial charge in [0.15, 0.2) is 5.82 Å². The highest BCUT2D eigenvalue weighted by Crippen LogP contribution is 2.15. The van der Waals surface area contributed by atoms with E-state index in [1.54, 1.807) is 11.2 Å². The minimum atomic E-state index is 0.515. The van der Waals surface area contributed by atoms with Gasteiger partial charge in [-0.1, -0.05) is 11.6 Å². The summed E-state index contributed by atoms with van der Waals surface area (Å²) in [6.45, 7) is 0. The lowest BCUT2D eigenvalue weighted by molar-refractivity contribution is 0.492. The van der Waals surface area contributed by atoms with Crippen molar-refractivity contribution >= 4 is 17.4 Å². The van der Waals surface area contributed by atoms with E-state index in [4.69, 9.17) is 11.6 Å². The van der Waals surface area contributed by atoms with E-state index in [-0.39, 0.29) is 0 Å². The molecule has 1 rings (SSSR count). The van der Waals surface area contributed by atoms with Gasteiger partial charge in [0.2, 0.25) is 0 Å². The molecule has 0 saturated carbocycles.